The molecule has 1 atom stereocenters. The van der Waals surface area contributed by atoms with Gasteiger partial charge in [-0.25, -0.2) is 4.98 Å². The van der Waals surface area contributed by atoms with E-state index in [1.807, 2.05) is 6.08 Å². The minimum atomic E-state index is 0.152. The molecular weight excluding hydrogens is 204 g/mol. The van der Waals surface area contributed by atoms with Gasteiger partial charge in [0.25, 0.3) is 0 Å². The van der Waals surface area contributed by atoms with Crippen molar-refractivity contribution in [2.24, 2.45) is 0 Å². The second-order valence-corrected chi connectivity index (χ2v) is 5.72. The van der Waals surface area contributed by atoms with Crippen LogP contribution in [0.15, 0.2) is 18.0 Å². The van der Waals surface area contributed by atoms with E-state index < -0.39 is 0 Å². The van der Waals surface area contributed by atoms with Crippen molar-refractivity contribution in [1.29, 1.82) is 0 Å². The second kappa shape index (κ2) is 4.90. The third kappa shape index (κ3) is 3.76. The number of nitrogens with one attached hydrogen (secondary N) is 1. The van der Waals surface area contributed by atoms with Crippen LogP contribution in [0.3, 0.4) is 0 Å². The van der Waals surface area contributed by atoms with E-state index in [1.165, 1.54) is 5.69 Å². The molecule has 0 radical (unpaired) electrons. The molecule has 0 aliphatic carbocycles. The second-order valence-electron chi connectivity index (χ2n) is 4.78. The third-order valence-electron chi connectivity index (χ3n) is 2.25. The minimum absolute atomic E-state index is 0.152. The molecule has 1 heterocycles. The molecule has 84 valence electrons. The molecule has 3 heteroatoms. The third-order valence-corrected chi connectivity index (χ3v) is 3.10. The topological polar surface area (TPSA) is 24.9 Å². The smallest absolute Gasteiger partial charge is 0.107 e. The lowest BCUT2D eigenvalue weighted by Crippen LogP contribution is -2.23. The quantitative estimate of drug-likeness (QED) is 0.795. The number of aromatic nitrogens is 1. The Balaban J connectivity index is 2.57. The van der Waals surface area contributed by atoms with Crippen LogP contribution in [0.1, 0.15) is 38.4 Å². The van der Waals surface area contributed by atoms with E-state index in [1.54, 1.807) is 11.3 Å². The van der Waals surface area contributed by atoms with Crippen molar-refractivity contribution in [3.63, 3.8) is 0 Å². The number of hydrogen-bond donors (Lipinski definition) is 1. The first-order chi connectivity index (χ1) is 6.93. The fourth-order valence-electron chi connectivity index (χ4n) is 1.07. The van der Waals surface area contributed by atoms with E-state index in [-0.39, 0.29) is 5.41 Å². The van der Waals surface area contributed by atoms with E-state index in [2.05, 4.69) is 50.0 Å². The molecular formula is C12H20N2S. The van der Waals surface area contributed by atoms with Crippen LogP contribution >= 0.6 is 11.3 Å². The van der Waals surface area contributed by atoms with Gasteiger partial charge in [-0.3, -0.25) is 0 Å². The van der Waals surface area contributed by atoms with Crippen LogP contribution in [-0.2, 0) is 12.0 Å². The van der Waals surface area contributed by atoms with E-state index in [0.717, 1.165) is 11.6 Å². The van der Waals surface area contributed by atoms with Crippen LogP contribution in [-0.4, -0.2) is 11.0 Å². The standard InChI is InChI=1S/C12H20N2S/c1-6-9(2)13-7-11-14-10(8-15-11)12(3,4)5/h6,8-9,13H,1,7H2,2-5H3. The Kier molecular flexibility index (Phi) is 4.05. The summed E-state index contributed by atoms with van der Waals surface area (Å²) in [5.41, 5.74) is 1.33. The molecule has 0 fully saturated rings. The zero-order chi connectivity index (χ0) is 11.5. The molecule has 0 saturated carbocycles. The first kappa shape index (κ1) is 12.4. The number of rotatable bonds is 4. The van der Waals surface area contributed by atoms with Crippen LogP contribution in [0.2, 0.25) is 0 Å². The van der Waals surface area contributed by atoms with Gasteiger partial charge in [0.1, 0.15) is 5.01 Å². The van der Waals surface area contributed by atoms with Gasteiger partial charge in [0.05, 0.1) is 5.69 Å². The highest BCUT2D eigenvalue weighted by molar-refractivity contribution is 7.09. The largest absolute Gasteiger partial charge is 0.304 e. The van der Waals surface area contributed by atoms with E-state index >= 15 is 0 Å². The summed E-state index contributed by atoms with van der Waals surface area (Å²) >= 11 is 1.72. The van der Waals surface area contributed by atoms with E-state index in [9.17, 15) is 0 Å². The molecule has 0 aliphatic rings. The van der Waals surface area contributed by atoms with Gasteiger partial charge in [0.2, 0.25) is 0 Å². The maximum Gasteiger partial charge on any atom is 0.107 e. The normalized spacial score (nSPS) is 13.9. The predicted molar refractivity (Wildman–Crippen MR) is 67.3 cm³/mol. The summed E-state index contributed by atoms with van der Waals surface area (Å²) < 4.78 is 0. The summed E-state index contributed by atoms with van der Waals surface area (Å²) in [6.07, 6.45) is 1.90. The molecule has 0 bridgehead atoms. The van der Waals surface area contributed by atoms with Gasteiger partial charge in [-0.15, -0.1) is 17.9 Å². The van der Waals surface area contributed by atoms with Gasteiger partial charge < -0.3 is 5.32 Å². The monoisotopic (exact) mass is 224 g/mol. The molecule has 2 nitrogen and oxygen atoms in total. The van der Waals surface area contributed by atoms with Crippen molar-refractivity contribution in [2.45, 2.75) is 45.7 Å². The summed E-state index contributed by atoms with van der Waals surface area (Å²) in [6, 6.07) is 0.340. The molecule has 1 aromatic heterocycles. The first-order valence-corrected chi connectivity index (χ1v) is 6.12. The molecule has 0 aromatic carbocycles. The summed E-state index contributed by atoms with van der Waals surface area (Å²) in [6.45, 7) is 13.2. The molecule has 1 rings (SSSR count). The maximum atomic E-state index is 4.61. The zero-order valence-electron chi connectivity index (χ0n) is 10.0. The van der Waals surface area contributed by atoms with Crippen molar-refractivity contribution in [3.8, 4) is 0 Å². The molecule has 1 aromatic rings. The van der Waals surface area contributed by atoms with Crippen molar-refractivity contribution in [3.05, 3.63) is 28.7 Å². The van der Waals surface area contributed by atoms with Crippen LogP contribution in [0, 0.1) is 0 Å². The highest BCUT2D eigenvalue weighted by atomic mass is 32.1. The average molecular weight is 224 g/mol. The van der Waals surface area contributed by atoms with Crippen LogP contribution < -0.4 is 5.32 Å². The molecule has 0 amide bonds. The molecule has 1 unspecified atom stereocenters. The van der Waals surface area contributed by atoms with Crippen molar-refractivity contribution < 1.29 is 0 Å². The van der Waals surface area contributed by atoms with Crippen LogP contribution in [0.5, 0.6) is 0 Å². The van der Waals surface area contributed by atoms with Gasteiger partial charge in [-0.2, -0.15) is 0 Å². The SMILES string of the molecule is C=CC(C)NCc1nc(C(C)(C)C)cs1. The average Bonchev–Trinajstić information content (AvgIpc) is 2.61. The Morgan fingerprint density at radius 3 is 2.73 bits per heavy atom. The summed E-state index contributed by atoms with van der Waals surface area (Å²) in [7, 11) is 0. The van der Waals surface area contributed by atoms with Crippen molar-refractivity contribution >= 4 is 11.3 Å². The summed E-state index contributed by atoms with van der Waals surface area (Å²) in [5, 5.41) is 6.64. The zero-order valence-corrected chi connectivity index (χ0v) is 10.8. The Morgan fingerprint density at radius 1 is 1.60 bits per heavy atom. The van der Waals surface area contributed by atoms with Gasteiger partial charge in [-0.1, -0.05) is 26.8 Å². The Bertz CT molecular complexity index is 323. The molecule has 15 heavy (non-hydrogen) atoms. The van der Waals surface area contributed by atoms with Crippen LogP contribution in [0.4, 0.5) is 0 Å². The van der Waals surface area contributed by atoms with Crippen molar-refractivity contribution in [1.82, 2.24) is 10.3 Å². The van der Waals surface area contributed by atoms with Gasteiger partial charge in [0.15, 0.2) is 0 Å². The highest BCUT2D eigenvalue weighted by Crippen LogP contribution is 2.23. The summed E-state index contributed by atoms with van der Waals surface area (Å²) in [5.74, 6) is 0. The lowest BCUT2D eigenvalue weighted by Gasteiger charge is -2.14. The lowest BCUT2D eigenvalue weighted by molar-refractivity contribution is 0.566. The van der Waals surface area contributed by atoms with Gasteiger partial charge in [0, 0.05) is 23.4 Å². The fraction of sp³-hybridized carbons (Fsp3) is 0.583. The minimum Gasteiger partial charge on any atom is -0.304 e. The van der Waals surface area contributed by atoms with Gasteiger partial charge >= 0.3 is 0 Å². The van der Waals surface area contributed by atoms with Crippen LogP contribution in [0.25, 0.3) is 0 Å². The maximum absolute atomic E-state index is 4.61. The molecule has 1 N–H and O–H groups in total. The molecule has 0 spiro atoms. The Morgan fingerprint density at radius 2 is 2.27 bits per heavy atom. The summed E-state index contributed by atoms with van der Waals surface area (Å²) in [4.78, 5) is 4.61. The lowest BCUT2D eigenvalue weighted by atomic mass is 9.93. The fourth-order valence-corrected chi connectivity index (χ4v) is 2.04. The number of nitrogens with zero attached hydrogens (tertiary/aromatic N) is 1. The molecule has 0 aliphatic heterocycles. The van der Waals surface area contributed by atoms with E-state index in [4.69, 9.17) is 0 Å². The number of hydrogen-bond acceptors (Lipinski definition) is 3. The Labute approximate surface area is 96.4 Å². The van der Waals surface area contributed by atoms with Crippen molar-refractivity contribution in [2.75, 3.05) is 0 Å². The molecule has 0 saturated heterocycles. The predicted octanol–water partition coefficient (Wildman–Crippen LogP) is 3.10. The van der Waals surface area contributed by atoms with Gasteiger partial charge in [-0.05, 0) is 6.92 Å². The number of thiazole rings is 1. The highest BCUT2D eigenvalue weighted by Gasteiger charge is 2.17. The Hall–Kier alpha value is -0.670. The van der Waals surface area contributed by atoms with E-state index in [0.29, 0.717) is 6.04 Å². The first-order valence-electron chi connectivity index (χ1n) is 5.24.